The fraction of sp³-hybridized carbons (Fsp3) is 0.333. The van der Waals surface area contributed by atoms with Gasteiger partial charge in [0, 0.05) is 24.9 Å². The van der Waals surface area contributed by atoms with Crippen LogP contribution in [0.5, 0.6) is 0 Å². The van der Waals surface area contributed by atoms with Crippen molar-refractivity contribution in [2.45, 2.75) is 12.7 Å². The van der Waals surface area contributed by atoms with Gasteiger partial charge in [-0.3, -0.25) is 0 Å². The molecule has 0 bridgehead atoms. The highest BCUT2D eigenvalue weighted by Crippen LogP contribution is 2.28. The van der Waals surface area contributed by atoms with Crippen LogP contribution in [-0.4, -0.2) is 8.42 Å². The van der Waals surface area contributed by atoms with Crippen LogP contribution in [0.1, 0.15) is 9.75 Å². The highest BCUT2D eigenvalue weighted by Gasteiger charge is 2.10. The molecule has 0 N–H and O–H groups in total. The van der Waals surface area contributed by atoms with Crippen molar-refractivity contribution in [3.05, 3.63) is 20.3 Å². The third-order valence-electron chi connectivity index (χ3n) is 1.22. The molecule has 2 nitrogen and oxygen atoms in total. The molecule has 68 valence electrons. The Labute approximate surface area is 88.1 Å². The van der Waals surface area contributed by atoms with Crippen molar-refractivity contribution in [2.75, 3.05) is 0 Å². The summed E-state index contributed by atoms with van der Waals surface area (Å²) in [6, 6.07) is 1.78. The summed E-state index contributed by atoms with van der Waals surface area (Å²) in [5.41, 5.74) is 0. The lowest BCUT2D eigenvalue weighted by Crippen LogP contribution is -1.91. The SMILES string of the molecule is Cc1sc(CS(=O)(=O)Cl)cc1Br. The van der Waals surface area contributed by atoms with Gasteiger partial charge in [0.1, 0.15) is 0 Å². The molecule has 0 aliphatic heterocycles. The molecular formula is C6H6BrClO2S2. The Morgan fingerprint density at radius 2 is 2.25 bits per heavy atom. The van der Waals surface area contributed by atoms with Gasteiger partial charge in [0.05, 0.1) is 5.75 Å². The molecule has 12 heavy (non-hydrogen) atoms. The zero-order valence-corrected chi connectivity index (χ0v) is 10.1. The van der Waals surface area contributed by atoms with Gasteiger partial charge in [0.15, 0.2) is 0 Å². The normalized spacial score (nSPS) is 11.9. The first-order chi connectivity index (χ1) is 5.38. The number of hydrogen-bond acceptors (Lipinski definition) is 3. The average Bonchev–Trinajstić information content (AvgIpc) is 2.07. The van der Waals surface area contributed by atoms with Crippen LogP contribution in [0, 0.1) is 6.92 Å². The maximum Gasteiger partial charge on any atom is 0.237 e. The molecular weight excluding hydrogens is 284 g/mol. The Morgan fingerprint density at radius 1 is 1.67 bits per heavy atom. The summed E-state index contributed by atoms with van der Waals surface area (Å²) in [6.45, 7) is 1.92. The van der Waals surface area contributed by atoms with Crippen LogP contribution < -0.4 is 0 Å². The minimum Gasteiger partial charge on any atom is -0.212 e. The Hall–Kier alpha value is 0.420. The van der Waals surface area contributed by atoms with Gasteiger partial charge < -0.3 is 0 Å². The first-order valence-electron chi connectivity index (χ1n) is 3.05. The molecule has 0 spiro atoms. The fourth-order valence-corrected chi connectivity index (χ4v) is 3.83. The fourth-order valence-electron chi connectivity index (χ4n) is 0.759. The predicted molar refractivity (Wildman–Crippen MR) is 55.2 cm³/mol. The summed E-state index contributed by atoms with van der Waals surface area (Å²) in [6.07, 6.45) is 0. The highest BCUT2D eigenvalue weighted by atomic mass is 79.9. The van der Waals surface area contributed by atoms with Crippen molar-refractivity contribution in [3.63, 3.8) is 0 Å². The van der Waals surface area contributed by atoms with Crippen LogP contribution >= 0.6 is 37.9 Å². The van der Waals surface area contributed by atoms with Crippen molar-refractivity contribution >= 4 is 47.0 Å². The van der Waals surface area contributed by atoms with Gasteiger partial charge in [0.2, 0.25) is 9.05 Å². The van der Waals surface area contributed by atoms with Crippen molar-refractivity contribution in [3.8, 4) is 0 Å². The van der Waals surface area contributed by atoms with Crippen molar-refractivity contribution < 1.29 is 8.42 Å². The van der Waals surface area contributed by atoms with E-state index in [4.69, 9.17) is 10.7 Å². The van der Waals surface area contributed by atoms with Gasteiger partial charge in [-0.1, -0.05) is 0 Å². The lowest BCUT2D eigenvalue weighted by Gasteiger charge is -1.88. The van der Waals surface area contributed by atoms with Gasteiger partial charge in [-0.2, -0.15) is 0 Å². The maximum atomic E-state index is 10.7. The molecule has 0 aromatic carbocycles. The van der Waals surface area contributed by atoms with Gasteiger partial charge in [0.25, 0.3) is 0 Å². The Morgan fingerprint density at radius 3 is 2.58 bits per heavy atom. The van der Waals surface area contributed by atoms with Crippen molar-refractivity contribution in [2.24, 2.45) is 0 Å². The van der Waals surface area contributed by atoms with E-state index < -0.39 is 9.05 Å². The molecule has 0 saturated heterocycles. The molecule has 1 rings (SSSR count). The molecule has 1 heterocycles. The van der Waals surface area contributed by atoms with Crippen molar-refractivity contribution in [1.82, 2.24) is 0 Å². The van der Waals surface area contributed by atoms with Gasteiger partial charge in [-0.15, -0.1) is 11.3 Å². The standard InChI is InChI=1S/C6H6BrClO2S2/c1-4-6(7)2-5(11-4)3-12(8,9)10/h2H,3H2,1H3. The molecule has 0 aliphatic carbocycles. The smallest absolute Gasteiger partial charge is 0.212 e. The van der Waals surface area contributed by atoms with Gasteiger partial charge >= 0.3 is 0 Å². The number of aryl methyl sites for hydroxylation is 1. The summed E-state index contributed by atoms with van der Waals surface area (Å²) in [5.74, 6) is -0.0916. The Balaban J connectivity index is 2.92. The minimum absolute atomic E-state index is 0.0916. The van der Waals surface area contributed by atoms with E-state index in [0.29, 0.717) is 0 Å². The van der Waals surface area contributed by atoms with Crippen LogP contribution in [0.2, 0.25) is 0 Å². The van der Waals surface area contributed by atoms with Crippen LogP contribution in [0.15, 0.2) is 10.5 Å². The average molecular weight is 290 g/mol. The summed E-state index contributed by atoms with van der Waals surface area (Å²) in [7, 11) is 1.67. The second-order valence-electron chi connectivity index (χ2n) is 2.30. The van der Waals surface area contributed by atoms with E-state index in [0.717, 1.165) is 14.2 Å². The lowest BCUT2D eigenvalue weighted by atomic mass is 10.5. The van der Waals surface area contributed by atoms with E-state index >= 15 is 0 Å². The third kappa shape index (κ3) is 3.05. The molecule has 0 fully saturated rings. The van der Waals surface area contributed by atoms with E-state index in [9.17, 15) is 8.42 Å². The summed E-state index contributed by atoms with van der Waals surface area (Å²) in [4.78, 5) is 1.82. The van der Waals surface area contributed by atoms with E-state index in [-0.39, 0.29) is 5.75 Å². The van der Waals surface area contributed by atoms with Gasteiger partial charge in [-0.05, 0) is 28.9 Å². The third-order valence-corrected chi connectivity index (χ3v) is 4.53. The summed E-state index contributed by atoms with van der Waals surface area (Å²) in [5, 5.41) is 0. The molecule has 0 atom stereocenters. The first-order valence-corrected chi connectivity index (χ1v) is 7.14. The second-order valence-corrected chi connectivity index (χ2v) is 7.27. The number of hydrogen-bond donors (Lipinski definition) is 0. The zero-order valence-electron chi connectivity index (χ0n) is 6.17. The largest absolute Gasteiger partial charge is 0.237 e. The predicted octanol–water partition coefficient (Wildman–Crippen LogP) is 2.89. The molecule has 1 aromatic heterocycles. The quantitative estimate of drug-likeness (QED) is 0.785. The van der Waals surface area contributed by atoms with E-state index in [1.807, 2.05) is 6.92 Å². The van der Waals surface area contributed by atoms with Crippen LogP contribution in [0.3, 0.4) is 0 Å². The maximum absolute atomic E-state index is 10.7. The van der Waals surface area contributed by atoms with Gasteiger partial charge in [-0.25, -0.2) is 8.42 Å². The first kappa shape index (κ1) is 10.5. The highest BCUT2D eigenvalue weighted by molar-refractivity contribution is 9.10. The summed E-state index contributed by atoms with van der Waals surface area (Å²) >= 11 is 4.73. The van der Waals surface area contributed by atoms with E-state index in [1.165, 1.54) is 11.3 Å². The molecule has 1 aromatic rings. The molecule has 0 saturated carbocycles. The molecule has 0 radical (unpaired) electrons. The van der Waals surface area contributed by atoms with E-state index in [1.54, 1.807) is 6.07 Å². The monoisotopic (exact) mass is 288 g/mol. The van der Waals surface area contributed by atoms with Crippen molar-refractivity contribution in [1.29, 1.82) is 0 Å². The topological polar surface area (TPSA) is 34.1 Å². The van der Waals surface area contributed by atoms with Crippen LogP contribution in [-0.2, 0) is 14.8 Å². The Kier molecular flexibility index (Phi) is 3.20. The molecule has 0 amide bonds. The lowest BCUT2D eigenvalue weighted by molar-refractivity contribution is 0.609. The zero-order chi connectivity index (χ0) is 9.35. The number of thiophene rings is 1. The molecule has 0 aliphatic rings. The number of rotatable bonds is 2. The van der Waals surface area contributed by atoms with E-state index in [2.05, 4.69) is 15.9 Å². The Bertz CT molecular complexity index is 363. The van der Waals surface area contributed by atoms with Crippen LogP contribution in [0.25, 0.3) is 0 Å². The molecule has 6 heteroatoms. The minimum atomic E-state index is -3.42. The molecule has 0 unspecified atom stereocenters. The van der Waals surface area contributed by atoms with Crippen LogP contribution in [0.4, 0.5) is 0 Å². The second kappa shape index (κ2) is 3.65. The summed E-state index contributed by atoms with van der Waals surface area (Å²) < 4.78 is 22.3. The number of halogens is 2.